The highest BCUT2D eigenvalue weighted by Crippen LogP contribution is 2.30. The Morgan fingerprint density at radius 3 is 1.52 bits per heavy atom. The molecule has 0 aliphatic carbocycles. The average molecular weight is 951 g/mol. The summed E-state index contributed by atoms with van der Waals surface area (Å²) in [6, 6.07) is 27.2. The maximum absolute atomic E-state index is 9.42. The van der Waals surface area contributed by atoms with Crippen LogP contribution in [0.3, 0.4) is 0 Å². The zero-order chi connectivity index (χ0) is 43.8. The number of halogens is 1. The quantitative estimate of drug-likeness (QED) is 0.0959. The smallest absolute Gasteiger partial charge is 0.245 e. The number of aliphatic hydroxyl groups is 1. The molecule has 15 nitrogen and oxygen atoms in total. The minimum Gasteiger partial charge on any atom is -0.435 e. The van der Waals surface area contributed by atoms with Crippen LogP contribution in [-0.4, -0.2) is 93.0 Å². The number of pyridine rings is 2. The number of alkyl halides is 1. The first-order chi connectivity index (χ1) is 30.3. The lowest BCUT2D eigenvalue weighted by atomic mass is 10.1. The van der Waals surface area contributed by atoms with E-state index in [1.807, 2.05) is 122 Å². The molecule has 16 heteroatoms. The molecule has 322 valence electrons. The first-order valence-corrected chi connectivity index (χ1v) is 22.3. The normalized spacial score (nSPS) is 12.9. The van der Waals surface area contributed by atoms with Gasteiger partial charge in [-0.25, -0.2) is 19.9 Å². The van der Waals surface area contributed by atoms with Gasteiger partial charge in [-0.05, 0) is 80.9 Å². The zero-order valence-corrected chi connectivity index (χ0v) is 37.9. The zero-order valence-electron chi connectivity index (χ0n) is 35.7. The maximum atomic E-state index is 9.42. The van der Waals surface area contributed by atoms with Crippen LogP contribution in [0.2, 0.25) is 0 Å². The fraction of sp³-hybridized carbons (Fsp3) is 0.304. The molecule has 1 saturated heterocycles. The highest BCUT2D eigenvalue weighted by atomic mass is 127. The van der Waals surface area contributed by atoms with Crippen molar-refractivity contribution >= 4 is 22.6 Å². The summed E-state index contributed by atoms with van der Waals surface area (Å²) in [6.07, 6.45) is 9.28. The summed E-state index contributed by atoms with van der Waals surface area (Å²) in [6.45, 7) is 10.6. The van der Waals surface area contributed by atoms with Gasteiger partial charge in [0.15, 0.2) is 23.2 Å². The van der Waals surface area contributed by atoms with Crippen molar-refractivity contribution in [1.82, 2.24) is 49.5 Å². The Balaban J connectivity index is 0.000000179. The molecular formula is C46H51IN10O5. The van der Waals surface area contributed by atoms with E-state index in [0.717, 1.165) is 41.2 Å². The van der Waals surface area contributed by atoms with Crippen LogP contribution >= 0.6 is 22.6 Å². The first kappa shape index (κ1) is 45.6. The standard InChI is InChI=1S/C21H21N5O2.C20H19N5O2.C4H8O.CH3I/c1-14-7-4-5-8-16(14)19-11-22-21(28-19)18-10-6-9-17(24-18)20-25-23-13-26(20)15(2)12-27-3;1-13-6-3-4-7-15(13)18-10-21-20(27-18)17-9-5-8-16(23-17)19-24-22-12-25(19)14(2)11-26;1-2-4-5-3-1;1-2/h4-11,13,15H,12H2,1-3H3;3-10,12,14,26H,11H2,1-2H3;1-4H2;1H3/t15-;14-;;/m11../s1. The lowest BCUT2D eigenvalue weighted by molar-refractivity contribution is 0.162. The van der Waals surface area contributed by atoms with Crippen LogP contribution in [0.1, 0.15) is 49.9 Å². The Hall–Kier alpha value is -5.95. The fourth-order valence-electron chi connectivity index (χ4n) is 6.51. The van der Waals surface area contributed by atoms with Gasteiger partial charge in [0.2, 0.25) is 11.8 Å². The molecule has 6 aromatic heterocycles. The molecule has 7 heterocycles. The lowest BCUT2D eigenvalue weighted by Gasteiger charge is -2.14. The molecule has 0 saturated carbocycles. The van der Waals surface area contributed by atoms with E-state index in [2.05, 4.69) is 57.9 Å². The van der Waals surface area contributed by atoms with E-state index in [0.29, 0.717) is 58.6 Å². The van der Waals surface area contributed by atoms with Gasteiger partial charge in [-0.15, -0.1) is 20.4 Å². The number of nitrogens with zero attached hydrogens (tertiary/aromatic N) is 10. The van der Waals surface area contributed by atoms with Gasteiger partial charge in [0.05, 0.1) is 37.7 Å². The lowest BCUT2D eigenvalue weighted by Crippen LogP contribution is -2.12. The number of ether oxygens (including phenoxy) is 2. The number of aryl methyl sites for hydroxylation is 2. The fourth-order valence-corrected chi connectivity index (χ4v) is 6.51. The van der Waals surface area contributed by atoms with Crippen molar-refractivity contribution in [2.75, 3.05) is 38.5 Å². The van der Waals surface area contributed by atoms with E-state index in [1.54, 1.807) is 36.7 Å². The molecule has 0 amide bonds. The van der Waals surface area contributed by atoms with Crippen LogP contribution < -0.4 is 0 Å². The van der Waals surface area contributed by atoms with Crippen molar-refractivity contribution in [2.45, 2.75) is 52.6 Å². The van der Waals surface area contributed by atoms with Crippen LogP contribution in [0.4, 0.5) is 0 Å². The largest absolute Gasteiger partial charge is 0.435 e. The average Bonchev–Trinajstić information content (AvgIpc) is 4.18. The molecule has 2 atom stereocenters. The Morgan fingerprint density at radius 2 is 1.10 bits per heavy atom. The second-order valence-electron chi connectivity index (χ2n) is 14.3. The highest BCUT2D eigenvalue weighted by molar-refractivity contribution is 14.1. The molecule has 1 aliphatic heterocycles. The van der Waals surface area contributed by atoms with Crippen molar-refractivity contribution in [2.24, 2.45) is 0 Å². The third-order valence-corrected chi connectivity index (χ3v) is 9.82. The van der Waals surface area contributed by atoms with Crippen LogP contribution in [0.25, 0.3) is 68.9 Å². The second kappa shape index (κ2) is 22.8. The first-order valence-electron chi connectivity index (χ1n) is 20.2. The summed E-state index contributed by atoms with van der Waals surface area (Å²) in [4.78, 5) is 20.1. The van der Waals surface area contributed by atoms with Crippen molar-refractivity contribution in [3.05, 3.63) is 121 Å². The number of rotatable bonds is 11. The predicted molar refractivity (Wildman–Crippen MR) is 246 cm³/mol. The number of hydrogen-bond acceptors (Lipinski definition) is 13. The molecule has 0 bridgehead atoms. The topological polar surface area (TPSA) is 178 Å². The Bertz CT molecular complexity index is 2590. The van der Waals surface area contributed by atoms with E-state index in [-0.39, 0.29) is 18.7 Å². The summed E-state index contributed by atoms with van der Waals surface area (Å²) in [5.41, 5.74) is 6.87. The van der Waals surface area contributed by atoms with Gasteiger partial charge < -0.3 is 32.5 Å². The van der Waals surface area contributed by atoms with Gasteiger partial charge in [0, 0.05) is 31.5 Å². The van der Waals surface area contributed by atoms with Crippen molar-refractivity contribution in [3.8, 4) is 68.9 Å². The van der Waals surface area contributed by atoms with Gasteiger partial charge in [-0.3, -0.25) is 0 Å². The molecule has 0 unspecified atom stereocenters. The van der Waals surface area contributed by atoms with Gasteiger partial charge in [0.1, 0.15) is 35.4 Å². The summed E-state index contributed by atoms with van der Waals surface area (Å²) in [7, 11) is 1.67. The minimum absolute atomic E-state index is 0.00967. The molecule has 1 N–H and O–H groups in total. The van der Waals surface area contributed by atoms with E-state index in [4.69, 9.17) is 23.3 Å². The van der Waals surface area contributed by atoms with Crippen LogP contribution in [0.5, 0.6) is 0 Å². The molecule has 1 aliphatic rings. The summed E-state index contributed by atoms with van der Waals surface area (Å²) in [5, 5.41) is 25.8. The molecule has 8 aromatic rings. The molecular weight excluding hydrogens is 899 g/mol. The highest BCUT2D eigenvalue weighted by Gasteiger charge is 2.18. The monoisotopic (exact) mass is 950 g/mol. The van der Waals surface area contributed by atoms with Gasteiger partial charge in [-0.2, -0.15) is 0 Å². The number of aromatic nitrogens is 10. The summed E-state index contributed by atoms with van der Waals surface area (Å²) in [5.74, 6) is 3.60. The minimum atomic E-state index is -0.144. The number of oxazole rings is 2. The van der Waals surface area contributed by atoms with E-state index in [9.17, 15) is 5.11 Å². The maximum Gasteiger partial charge on any atom is 0.245 e. The molecule has 2 aromatic carbocycles. The SMILES string of the molecule is C1CCOC1.CI.COC[C@@H](C)n1cnnc1-c1cccc(-c2ncc(-c3ccccc3C)o2)n1.Cc1ccccc1-c1cnc(-c2cccc(-c3nncn3[C@H](C)CO)n2)o1. The third kappa shape index (κ3) is 11.3. The van der Waals surface area contributed by atoms with Crippen molar-refractivity contribution in [3.63, 3.8) is 0 Å². The van der Waals surface area contributed by atoms with Crippen LogP contribution in [0, 0.1) is 13.8 Å². The van der Waals surface area contributed by atoms with Crippen molar-refractivity contribution in [1.29, 1.82) is 0 Å². The van der Waals surface area contributed by atoms with Gasteiger partial charge in [-0.1, -0.05) is 83.3 Å². The van der Waals surface area contributed by atoms with Crippen LogP contribution in [0.15, 0.2) is 119 Å². The Kier molecular flexibility index (Phi) is 16.7. The number of benzene rings is 2. The number of aliphatic hydroxyl groups excluding tert-OH is 1. The van der Waals surface area contributed by atoms with E-state index < -0.39 is 0 Å². The number of hydrogen-bond donors (Lipinski definition) is 1. The predicted octanol–water partition coefficient (Wildman–Crippen LogP) is 9.55. The Morgan fingerprint density at radius 1 is 0.645 bits per heavy atom. The molecule has 0 radical (unpaired) electrons. The molecule has 62 heavy (non-hydrogen) atoms. The summed E-state index contributed by atoms with van der Waals surface area (Å²) >= 11 is 2.15. The number of methoxy groups -OCH3 is 1. The molecule has 1 fully saturated rings. The molecule has 0 spiro atoms. The summed E-state index contributed by atoms with van der Waals surface area (Å²) < 4.78 is 25.9. The molecule has 9 rings (SSSR count). The van der Waals surface area contributed by atoms with Gasteiger partial charge in [0.25, 0.3) is 0 Å². The van der Waals surface area contributed by atoms with Gasteiger partial charge >= 0.3 is 0 Å². The second-order valence-corrected chi connectivity index (χ2v) is 14.3. The Labute approximate surface area is 374 Å². The van der Waals surface area contributed by atoms with E-state index in [1.165, 1.54) is 12.8 Å². The van der Waals surface area contributed by atoms with Crippen LogP contribution in [-0.2, 0) is 9.47 Å². The van der Waals surface area contributed by atoms with E-state index >= 15 is 0 Å². The van der Waals surface area contributed by atoms with Crippen molar-refractivity contribution < 1.29 is 23.4 Å². The third-order valence-electron chi connectivity index (χ3n) is 9.82.